The van der Waals surface area contributed by atoms with Crippen LogP contribution in [0.1, 0.15) is 32.0 Å². The summed E-state index contributed by atoms with van der Waals surface area (Å²) in [5.41, 5.74) is -5.76. The Hall–Kier alpha value is -3.98. The first kappa shape index (κ1) is 72.3. The fourth-order valence-electron chi connectivity index (χ4n) is 12.3. The molecular weight excluding hydrogens is 1310 g/mol. The second-order valence-electron chi connectivity index (χ2n) is 22.2. The smallest absolute Gasteiger partial charge is 0.382 e. The maximum atomic E-state index is 12.9. The maximum absolute atomic E-state index is 12.9. The first-order valence-corrected chi connectivity index (χ1v) is 34.2. The lowest BCUT2D eigenvalue weighted by molar-refractivity contribution is -0.190. The van der Waals surface area contributed by atoms with Crippen LogP contribution in [-0.4, -0.2) is 225 Å². The predicted molar refractivity (Wildman–Crippen MR) is 312 cm³/mol. The van der Waals surface area contributed by atoms with Crippen LogP contribution in [0.2, 0.25) is 0 Å². The van der Waals surface area contributed by atoms with E-state index in [0.29, 0.717) is 18.4 Å². The van der Waals surface area contributed by atoms with Gasteiger partial charge in [0.1, 0.15) is 65.1 Å². The first-order valence-electron chi connectivity index (χ1n) is 28.2. The Morgan fingerprint density at radius 1 is 0.533 bits per heavy atom. The molecule has 8 aliphatic rings. The number of phosphoric acid groups is 3. The van der Waals surface area contributed by atoms with Crippen molar-refractivity contribution in [3.8, 4) is 0 Å². The van der Waals surface area contributed by atoms with Gasteiger partial charge in [-0.2, -0.15) is 0 Å². The van der Waals surface area contributed by atoms with Crippen molar-refractivity contribution in [3.05, 3.63) is 115 Å². The summed E-state index contributed by atoms with van der Waals surface area (Å²) in [5, 5.41) is 3.84. The molecule has 8 saturated heterocycles. The number of nitrogens with one attached hydrogen (secondary N) is 2. The fraction of sp³-hybridized carbons (Fsp3) is 0.654. The zero-order valence-corrected chi connectivity index (χ0v) is 54.7. The molecule has 8 fully saturated rings. The summed E-state index contributed by atoms with van der Waals surface area (Å²) in [6.07, 6.45) is -2.86. The summed E-state index contributed by atoms with van der Waals surface area (Å²) in [6.45, 7) is 3.20. The Bertz CT molecular complexity index is 3670. The van der Waals surface area contributed by atoms with Gasteiger partial charge in [-0.15, -0.1) is 0 Å². The Balaban J connectivity index is 0.000000146. The van der Waals surface area contributed by atoms with Gasteiger partial charge < -0.3 is 80.9 Å². The Kier molecular flexibility index (Phi) is 22.8. The molecule has 92 heavy (non-hydrogen) atoms. The molecule has 1 aromatic carbocycles. The molecular formula is C52H75N5O31P4. The molecule has 3 aromatic heterocycles. The maximum Gasteiger partial charge on any atom is 0.472 e. The molecule has 0 aliphatic carbocycles. The minimum Gasteiger partial charge on any atom is -0.382 e. The summed E-state index contributed by atoms with van der Waals surface area (Å²) >= 11 is 0. The van der Waals surface area contributed by atoms with Gasteiger partial charge in [-0.05, 0) is 30.5 Å². The molecule has 514 valence electrons. The molecule has 0 radical (unpaired) electrons. The van der Waals surface area contributed by atoms with Gasteiger partial charge >= 0.3 is 36.9 Å². The lowest BCUT2D eigenvalue weighted by Crippen LogP contribution is -2.52. The third-order valence-electron chi connectivity index (χ3n) is 16.4. The van der Waals surface area contributed by atoms with Gasteiger partial charge in [0.2, 0.25) is 0 Å². The summed E-state index contributed by atoms with van der Waals surface area (Å²) in [5.74, 6) is 0. The average Bonchev–Trinajstić information content (AvgIpc) is 1.59. The number of hydrogen-bond donors (Lipinski definition) is 6. The standard InChI is InChI=1S/C17H20NO8P.C13H18NO8P.C12H18N3O8P.C10H19O7P/c1-22-9-17-10-24-13(14(17)26-27(20,21)23-2)16(25-17)18-8-7-11-5-3-4-6-12(11)15(18)19;1-18-7-13-8-20-10(11(13)22-23(16,17)19-2)12(21-13)14-6-4-3-5-9(14)15;1-20-5-12-6-22-8(9(12)14-24(18,19)21-2)10(23-12)15-4-3-7(16)13-11(15)17;1-7-8-9(17-18(11,12)14-3)10(16-7,6-13-2)4-5-15-8/h3-8,13-14,16H,9-10H2,1-2H3,(H,20,21);3-6,10-12H,7-8H2,1-2H3,(H,16,17);3-4,8-10H,5-6H2,1-2H3,(H,13,16,17)(H2,14,18,19);7-9H,4-6H2,1-3H3,(H,11,12)/t13-,14-,16+,17-;10-,11-,12+,13-;8-,9-,10+,12-;7-,8+,9-,10+/m0000/s1. The number of H-pyrrole nitrogens is 1. The molecule has 0 saturated carbocycles. The van der Waals surface area contributed by atoms with Gasteiger partial charge in [0, 0.05) is 99.4 Å². The molecule has 0 amide bonds. The van der Waals surface area contributed by atoms with E-state index in [-0.39, 0.29) is 69.6 Å². The minimum atomic E-state index is -4.30. The van der Waals surface area contributed by atoms with Crippen LogP contribution in [0, 0.1) is 0 Å². The molecule has 6 N–H and O–H groups in total. The highest BCUT2D eigenvalue weighted by Crippen LogP contribution is 2.57. The number of aromatic amines is 1. The fourth-order valence-corrected chi connectivity index (χ4v) is 15.2. The highest BCUT2D eigenvalue weighted by molar-refractivity contribution is 7.50. The minimum absolute atomic E-state index is 0.0662. The number of ether oxygens (including phenoxy) is 12. The predicted octanol–water partition coefficient (Wildman–Crippen LogP) is 1.01. The molecule has 4 unspecified atom stereocenters. The second kappa shape index (κ2) is 29.0. The van der Waals surface area contributed by atoms with Crippen LogP contribution in [-0.2, 0) is 107 Å². The molecule has 12 rings (SSSR count). The lowest BCUT2D eigenvalue weighted by atomic mass is 9.90. The largest absolute Gasteiger partial charge is 0.472 e. The molecule has 20 atom stereocenters. The number of nitrogens with zero attached hydrogens (tertiary/aromatic N) is 3. The Labute approximate surface area is 524 Å². The van der Waals surface area contributed by atoms with Crippen LogP contribution >= 0.6 is 31.2 Å². The number of rotatable bonds is 23. The molecule has 0 spiro atoms. The summed E-state index contributed by atoms with van der Waals surface area (Å²) in [4.78, 5) is 88.9. The van der Waals surface area contributed by atoms with Crippen molar-refractivity contribution in [2.24, 2.45) is 0 Å². The highest BCUT2D eigenvalue weighted by atomic mass is 31.2. The van der Waals surface area contributed by atoms with Gasteiger partial charge in [-0.25, -0.2) is 28.1 Å². The SMILES string of the molecule is COC[C@@]12CCO[C@H]([C@H](C)O1)[C@@H]2OP(=O)(O)OC.COC[C@@]12CO[C@H]([C@H](n3ccc(=O)[nH]c3=O)O1)[C@@H]2NP(=O)(O)OC.COC[C@@]12CO[C@H]([C@H](n3ccc4ccccc4c3=O)O1)[C@@H]2OP(=O)(O)OC.COC[C@@]12CO[C@H]([C@H](n3ccccc3=O)O1)[C@@H]2OP(=O)(O)OC. The van der Waals surface area contributed by atoms with Crippen molar-refractivity contribution in [1.29, 1.82) is 0 Å². The topological polar surface area (TPSA) is 435 Å². The quantitative estimate of drug-likeness (QED) is 0.0564. The van der Waals surface area contributed by atoms with Gasteiger partial charge in [-0.3, -0.25) is 60.2 Å². The number of benzene rings is 1. The summed E-state index contributed by atoms with van der Waals surface area (Å²) in [7, 11) is -6.38. The number of methoxy groups -OCH3 is 4. The van der Waals surface area contributed by atoms with Crippen LogP contribution in [0.25, 0.3) is 10.8 Å². The van der Waals surface area contributed by atoms with E-state index in [1.165, 1.54) is 48.8 Å². The normalized spacial score (nSPS) is 35.6. The van der Waals surface area contributed by atoms with E-state index < -0.39 is 126 Å². The van der Waals surface area contributed by atoms with Crippen molar-refractivity contribution in [1.82, 2.24) is 23.8 Å². The van der Waals surface area contributed by atoms with E-state index in [2.05, 4.69) is 28.2 Å². The van der Waals surface area contributed by atoms with Crippen molar-refractivity contribution in [2.75, 3.05) is 110 Å². The summed E-state index contributed by atoms with van der Waals surface area (Å²) in [6, 6.07) is 14.1. The van der Waals surface area contributed by atoms with Crippen LogP contribution in [0.3, 0.4) is 0 Å². The molecule has 36 nitrogen and oxygen atoms in total. The second-order valence-corrected chi connectivity index (χ2v) is 28.4. The number of phosphoric ester groups is 3. The number of aromatic nitrogens is 4. The first-order chi connectivity index (χ1) is 43.6. The van der Waals surface area contributed by atoms with E-state index in [1.807, 2.05) is 19.1 Å². The molecule has 8 aliphatic heterocycles. The average molecular weight is 1390 g/mol. The third-order valence-corrected chi connectivity index (χ3v) is 20.4. The number of hydrogen-bond acceptors (Lipinski definition) is 27. The van der Waals surface area contributed by atoms with Gasteiger partial charge in [0.05, 0.1) is 65.0 Å². The zero-order chi connectivity index (χ0) is 66.8. The zero-order valence-electron chi connectivity index (χ0n) is 51.2. The van der Waals surface area contributed by atoms with Crippen molar-refractivity contribution in [2.45, 2.75) is 109 Å². The lowest BCUT2D eigenvalue weighted by Gasteiger charge is -2.38. The van der Waals surface area contributed by atoms with E-state index in [0.717, 1.165) is 38.4 Å². The van der Waals surface area contributed by atoms with Gasteiger partial charge in [0.25, 0.3) is 16.7 Å². The van der Waals surface area contributed by atoms with Crippen molar-refractivity contribution >= 4 is 42.0 Å². The van der Waals surface area contributed by atoms with Crippen molar-refractivity contribution in [3.63, 3.8) is 0 Å². The monoisotopic (exact) mass is 1390 g/mol. The van der Waals surface area contributed by atoms with Crippen molar-refractivity contribution < 1.29 is 126 Å². The van der Waals surface area contributed by atoms with Gasteiger partial charge in [0.15, 0.2) is 18.7 Å². The van der Waals surface area contributed by atoms with Gasteiger partial charge in [-0.1, -0.05) is 24.3 Å². The van der Waals surface area contributed by atoms with E-state index >= 15 is 0 Å². The van der Waals surface area contributed by atoms with E-state index in [1.54, 1.807) is 49.8 Å². The molecule has 8 bridgehead atoms. The molecule has 4 aromatic rings. The van der Waals surface area contributed by atoms with Crippen LogP contribution in [0.4, 0.5) is 0 Å². The van der Waals surface area contributed by atoms with E-state index in [4.69, 9.17) is 70.4 Å². The number of pyridine rings is 2. The van der Waals surface area contributed by atoms with Crippen LogP contribution in [0.15, 0.2) is 92.4 Å². The summed E-state index contributed by atoms with van der Waals surface area (Å²) < 4.78 is 152. The number of fused-ring (bicyclic) bond motifs is 9. The Morgan fingerprint density at radius 3 is 1.55 bits per heavy atom. The highest BCUT2D eigenvalue weighted by Gasteiger charge is 2.67. The third kappa shape index (κ3) is 14.8. The Morgan fingerprint density at radius 2 is 1.01 bits per heavy atom. The van der Waals surface area contributed by atoms with Crippen LogP contribution in [0.5, 0.6) is 0 Å². The van der Waals surface area contributed by atoms with Crippen LogP contribution < -0.4 is 27.5 Å². The van der Waals surface area contributed by atoms with E-state index in [9.17, 15) is 57.0 Å². The molecule has 40 heteroatoms. The molecule has 11 heterocycles.